The van der Waals surface area contributed by atoms with Crippen LogP contribution in [-0.4, -0.2) is 37.1 Å². The first kappa shape index (κ1) is 13.0. The lowest BCUT2D eigenvalue weighted by atomic mass is 9.96. The summed E-state index contributed by atoms with van der Waals surface area (Å²) < 4.78 is 0. The standard InChI is InChI=1S/C13H28N2.H2/c1-11(2)10-15-7-5-13(6-8-15)9-14-12(3)4;/h11-14H,5-10H2,1-4H3;1H. The molecule has 1 aliphatic heterocycles. The largest absolute Gasteiger partial charge is 0.314 e. The highest BCUT2D eigenvalue weighted by atomic mass is 15.1. The third kappa shape index (κ3) is 5.53. The number of likely N-dealkylation sites (tertiary alicyclic amines) is 1. The Morgan fingerprint density at radius 3 is 2.27 bits per heavy atom. The third-order valence-electron chi connectivity index (χ3n) is 3.15. The molecule has 0 bridgehead atoms. The van der Waals surface area contributed by atoms with Crippen LogP contribution in [0.2, 0.25) is 0 Å². The molecule has 0 aromatic rings. The highest BCUT2D eigenvalue weighted by Gasteiger charge is 2.19. The fourth-order valence-electron chi connectivity index (χ4n) is 2.29. The van der Waals surface area contributed by atoms with Gasteiger partial charge in [0.2, 0.25) is 0 Å². The van der Waals surface area contributed by atoms with Crippen LogP contribution in [-0.2, 0) is 0 Å². The summed E-state index contributed by atoms with van der Waals surface area (Å²) in [5.74, 6) is 1.73. The topological polar surface area (TPSA) is 15.3 Å². The van der Waals surface area contributed by atoms with Crippen LogP contribution in [0, 0.1) is 11.8 Å². The van der Waals surface area contributed by atoms with Gasteiger partial charge < -0.3 is 10.2 Å². The van der Waals surface area contributed by atoms with Crippen LogP contribution in [0.25, 0.3) is 0 Å². The average molecular weight is 214 g/mol. The van der Waals surface area contributed by atoms with Gasteiger partial charge in [0.1, 0.15) is 0 Å². The fourth-order valence-corrected chi connectivity index (χ4v) is 2.29. The minimum Gasteiger partial charge on any atom is -0.314 e. The van der Waals surface area contributed by atoms with Crippen LogP contribution in [0.1, 0.15) is 42.0 Å². The van der Waals surface area contributed by atoms with Gasteiger partial charge in [-0.3, -0.25) is 0 Å². The van der Waals surface area contributed by atoms with Crippen molar-refractivity contribution in [2.75, 3.05) is 26.2 Å². The molecular formula is C13H30N2. The molecule has 0 aliphatic carbocycles. The molecule has 0 atom stereocenters. The van der Waals surface area contributed by atoms with Gasteiger partial charge in [-0.15, -0.1) is 0 Å². The van der Waals surface area contributed by atoms with Crippen LogP contribution in [0.3, 0.4) is 0 Å². The maximum absolute atomic E-state index is 3.55. The van der Waals surface area contributed by atoms with Crippen LogP contribution in [0.15, 0.2) is 0 Å². The van der Waals surface area contributed by atoms with Gasteiger partial charge in [0.05, 0.1) is 0 Å². The number of piperidine rings is 1. The lowest BCUT2D eigenvalue weighted by molar-refractivity contribution is 0.165. The summed E-state index contributed by atoms with van der Waals surface area (Å²) >= 11 is 0. The summed E-state index contributed by atoms with van der Waals surface area (Å²) in [4.78, 5) is 2.62. The zero-order valence-corrected chi connectivity index (χ0v) is 10.9. The van der Waals surface area contributed by atoms with Crippen molar-refractivity contribution in [3.63, 3.8) is 0 Å². The first-order valence-electron chi connectivity index (χ1n) is 6.53. The monoisotopic (exact) mass is 214 g/mol. The van der Waals surface area contributed by atoms with E-state index in [1.807, 2.05) is 0 Å². The molecule has 2 heteroatoms. The minimum absolute atomic E-state index is 0. The Bertz CT molecular complexity index is 163. The maximum atomic E-state index is 3.55. The highest BCUT2D eigenvalue weighted by molar-refractivity contribution is 4.74. The van der Waals surface area contributed by atoms with Crippen molar-refractivity contribution in [3.05, 3.63) is 0 Å². The molecular weight excluding hydrogens is 184 g/mol. The van der Waals surface area contributed by atoms with Crippen molar-refractivity contribution in [1.29, 1.82) is 0 Å². The first-order valence-corrected chi connectivity index (χ1v) is 6.53. The lowest BCUT2D eigenvalue weighted by Crippen LogP contribution is -2.40. The molecule has 0 spiro atoms. The van der Waals surface area contributed by atoms with E-state index in [1.54, 1.807) is 0 Å². The summed E-state index contributed by atoms with van der Waals surface area (Å²) in [5, 5.41) is 3.55. The van der Waals surface area contributed by atoms with E-state index in [0.717, 1.165) is 11.8 Å². The number of hydrogen-bond donors (Lipinski definition) is 1. The third-order valence-corrected chi connectivity index (χ3v) is 3.15. The molecule has 15 heavy (non-hydrogen) atoms. The van der Waals surface area contributed by atoms with Gasteiger partial charge in [-0.1, -0.05) is 27.7 Å². The van der Waals surface area contributed by atoms with Crippen LogP contribution in [0.4, 0.5) is 0 Å². The summed E-state index contributed by atoms with van der Waals surface area (Å²) in [6.45, 7) is 14.2. The Hall–Kier alpha value is -0.0800. The average Bonchev–Trinajstić information content (AvgIpc) is 2.16. The molecule has 0 unspecified atom stereocenters. The second kappa shape index (κ2) is 6.49. The first-order chi connectivity index (χ1) is 7.08. The van der Waals surface area contributed by atoms with E-state index >= 15 is 0 Å². The zero-order valence-electron chi connectivity index (χ0n) is 10.9. The van der Waals surface area contributed by atoms with Crippen molar-refractivity contribution >= 4 is 0 Å². The summed E-state index contributed by atoms with van der Waals surface area (Å²) in [6, 6.07) is 0.638. The summed E-state index contributed by atoms with van der Waals surface area (Å²) in [7, 11) is 0. The summed E-state index contributed by atoms with van der Waals surface area (Å²) in [5.41, 5.74) is 0. The van der Waals surface area contributed by atoms with Crippen LogP contribution >= 0.6 is 0 Å². The van der Waals surface area contributed by atoms with Crippen molar-refractivity contribution in [2.45, 2.75) is 46.6 Å². The van der Waals surface area contributed by atoms with Crippen LogP contribution < -0.4 is 5.32 Å². The summed E-state index contributed by atoms with van der Waals surface area (Å²) in [6.07, 6.45) is 2.76. The molecule has 0 aromatic heterocycles. The van der Waals surface area contributed by atoms with E-state index in [4.69, 9.17) is 0 Å². The smallest absolute Gasteiger partial charge is 0.00104 e. The maximum Gasteiger partial charge on any atom is 0.00104 e. The van der Waals surface area contributed by atoms with Crippen molar-refractivity contribution in [3.8, 4) is 0 Å². The molecule has 1 N–H and O–H groups in total. The molecule has 1 saturated heterocycles. The fraction of sp³-hybridized carbons (Fsp3) is 1.00. The van der Waals surface area contributed by atoms with Gasteiger partial charge in [0.15, 0.2) is 0 Å². The van der Waals surface area contributed by atoms with Gasteiger partial charge in [0, 0.05) is 14.0 Å². The Morgan fingerprint density at radius 2 is 1.80 bits per heavy atom. The molecule has 0 radical (unpaired) electrons. The van der Waals surface area contributed by atoms with E-state index in [2.05, 4.69) is 37.9 Å². The predicted molar refractivity (Wildman–Crippen MR) is 69.3 cm³/mol. The second-order valence-electron chi connectivity index (χ2n) is 5.70. The Balaban J connectivity index is 0.00000225. The van der Waals surface area contributed by atoms with Gasteiger partial charge in [-0.05, 0) is 44.3 Å². The minimum atomic E-state index is 0. The SMILES string of the molecule is CC(C)CN1CCC(CNC(C)C)CC1.[HH]. The van der Waals surface area contributed by atoms with Crippen molar-refractivity contribution in [2.24, 2.45) is 11.8 Å². The Morgan fingerprint density at radius 1 is 1.20 bits per heavy atom. The van der Waals surface area contributed by atoms with Gasteiger partial charge in [-0.2, -0.15) is 0 Å². The van der Waals surface area contributed by atoms with Crippen LogP contribution in [0.5, 0.6) is 0 Å². The van der Waals surface area contributed by atoms with Gasteiger partial charge in [0.25, 0.3) is 0 Å². The van der Waals surface area contributed by atoms with E-state index in [-0.39, 0.29) is 1.43 Å². The predicted octanol–water partition coefficient (Wildman–Crippen LogP) is 2.60. The molecule has 1 aliphatic rings. The Labute approximate surface area is 96.9 Å². The number of rotatable bonds is 5. The number of nitrogens with one attached hydrogen (secondary N) is 1. The van der Waals surface area contributed by atoms with Crippen molar-refractivity contribution in [1.82, 2.24) is 10.2 Å². The van der Waals surface area contributed by atoms with Gasteiger partial charge in [-0.25, -0.2) is 0 Å². The highest BCUT2D eigenvalue weighted by Crippen LogP contribution is 2.17. The normalized spacial score (nSPS) is 20.4. The molecule has 0 saturated carbocycles. The Kier molecular flexibility index (Phi) is 5.62. The molecule has 0 amide bonds. The molecule has 2 nitrogen and oxygen atoms in total. The molecule has 1 heterocycles. The molecule has 1 rings (SSSR count). The molecule has 92 valence electrons. The molecule has 0 aromatic carbocycles. The van der Waals surface area contributed by atoms with Gasteiger partial charge >= 0.3 is 0 Å². The van der Waals surface area contributed by atoms with E-state index in [9.17, 15) is 0 Å². The van der Waals surface area contributed by atoms with Crippen molar-refractivity contribution < 1.29 is 1.43 Å². The zero-order chi connectivity index (χ0) is 11.3. The number of nitrogens with zero attached hydrogens (tertiary/aromatic N) is 1. The number of hydrogen-bond acceptors (Lipinski definition) is 2. The lowest BCUT2D eigenvalue weighted by Gasteiger charge is -2.33. The quantitative estimate of drug-likeness (QED) is 0.757. The van der Waals surface area contributed by atoms with E-state index < -0.39 is 0 Å². The van der Waals surface area contributed by atoms with E-state index in [0.29, 0.717) is 6.04 Å². The molecule has 1 fully saturated rings. The van der Waals surface area contributed by atoms with E-state index in [1.165, 1.54) is 39.0 Å². The second-order valence-corrected chi connectivity index (χ2v) is 5.70.